The molecule has 8 nitrogen and oxygen atoms in total. The predicted octanol–water partition coefficient (Wildman–Crippen LogP) is 5.07. The molecule has 164 valence electrons. The van der Waals surface area contributed by atoms with Crippen LogP contribution < -0.4 is 0 Å². The number of rotatable bonds is 5. The number of pyridine rings is 3. The van der Waals surface area contributed by atoms with Gasteiger partial charge in [-0.15, -0.1) is 0 Å². The van der Waals surface area contributed by atoms with Gasteiger partial charge in [-0.1, -0.05) is 17.3 Å². The first-order valence-electron chi connectivity index (χ1n) is 10.5. The van der Waals surface area contributed by atoms with Crippen LogP contribution in [0, 0.1) is 13.8 Å². The van der Waals surface area contributed by atoms with Gasteiger partial charge in [0, 0.05) is 40.7 Å². The van der Waals surface area contributed by atoms with E-state index in [9.17, 15) is 9.90 Å². The van der Waals surface area contributed by atoms with E-state index in [0.717, 1.165) is 39.1 Å². The van der Waals surface area contributed by atoms with E-state index >= 15 is 0 Å². The normalized spacial score (nSPS) is 12.2. The van der Waals surface area contributed by atoms with E-state index in [0.29, 0.717) is 11.5 Å². The van der Waals surface area contributed by atoms with Gasteiger partial charge in [0.15, 0.2) is 0 Å². The van der Waals surface area contributed by atoms with Gasteiger partial charge in [0.2, 0.25) is 0 Å². The Balaban J connectivity index is 1.76. The first-order chi connectivity index (χ1) is 15.9. The molecule has 5 aromatic rings. The Hall–Kier alpha value is -4.33. The molecular weight excluding hydrogens is 418 g/mol. The number of hydrogen-bond acceptors (Lipinski definition) is 6. The number of aromatic carboxylic acids is 1. The van der Waals surface area contributed by atoms with Gasteiger partial charge in [0.25, 0.3) is 0 Å². The minimum atomic E-state index is -1.07. The van der Waals surface area contributed by atoms with E-state index in [1.54, 1.807) is 24.5 Å². The highest BCUT2D eigenvalue weighted by molar-refractivity contribution is 5.96. The van der Waals surface area contributed by atoms with Crippen molar-refractivity contribution >= 4 is 17.0 Å². The van der Waals surface area contributed by atoms with E-state index in [4.69, 9.17) is 9.51 Å². The van der Waals surface area contributed by atoms with Gasteiger partial charge in [-0.25, -0.2) is 14.8 Å². The molecule has 0 spiro atoms. The molecule has 0 aliphatic carbocycles. The molecule has 0 aliphatic rings. The SMILES string of the molecule is Cc1noc(C)c1-c1cnc2c(c1)c(-c1cccc(C(=O)O)n1)cn2C(C)c1ccccn1. The Bertz CT molecular complexity index is 1470. The highest BCUT2D eigenvalue weighted by Crippen LogP contribution is 2.36. The maximum Gasteiger partial charge on any atom is 0.354 e. The fourth-order valence-corrected chi connectivity index (χ4v) is 4.13. The molecule has 5 heterocycles. The van der Waals surface area contributed by atoms with Crippen molar-refractivity contribution in [3.63, 3.8) is 0 Å². The van der Waals surface area contributed by atoms with Crippen molar-refractivity contribution in [2.75, 3.05) is 0 Å². The van der Waals surface area contributed by atoms with Crippen LogP contribution >= 0.6 is 0 Å². The molecule has 0 radical (unpaired) electrons. The van der Waals surface area contributed by atoms with Crippen LogP contribution in [0.1, 0.15) is 40.6 Å². The number of aryl methyl sites for hydroxylation is 2. The summed E-state index contributed by atoms with van der Waals surface area (Å²) in [6.07, 6.45) is 5.53. The molecule has 0 bridgehead atoms. The minimum Gasteiger partial charge on any atom is -0.477 e. The summed E-state index contributed by atoms with van der Waals surface area (Å²) in [7, 11) is 0. The molecule has 1 N–H and O–H groups in total. The van der Waals surface area contributed by atoms with Crippen molar-refractivity contribution in [1.29, 1.82) is 0 Å². The molecule has 5 aromatic heterocycles. The molecule has 5 rings (SSSR count). The molecule has 0 aromatic carbocycles. The van der Waals surface area contributed by atoms with Crippen molar-refractivity contribution in [2.24, 2.45) is 0 Å². The fourth-order valence-electron chi connectivity index (χ4n) is 4.13. The highest BCUT2D eigenvalue weighted by atomic mass is 16.5. The Morgan fingerprint density at radius 3 is 2.67 bits per heavy atom. The standard InChI is InChI=1S/C25H21N5O3/c1-14-23(16(3)33-29-14)17-11-18-19(21-8-6-9-22(28-21)25(31)32)13-30(24(18)27-12-17)15(2)20-7-4-5-10-26-20/h4-13,15H,1-3H3,(H,31,32). The molecule has 1 unspecified atom stereocenters. The van der Waals surface area contributed by atoms with Crippen molar-refractivity contribution < 1.29 is 14.4 Å². The number of carbonyl (C=O) groups is 1. The average molecular weight is 439 g/mol. The van der Waals surface area contributed by atoms with Crippen LogP contribution in [-0.2, 0) is 0 Å². The van der Waals surface area contributed by atoms with E-state index in [1.165, 1.54) is 6.07 Å². The third kappa shape index (κ3) is 3.55. The third-order valence-electron chi connectivity index (χ3n) is 5.77. The maximum atomic E-state index is 11.5. The van der Waals surface area contributed by atoms with Crippen LogP contribution in [0.3, 0.4) is 0 Å². The molecule has 0 saturated carbocycles. The van der Waals surface area contributed by atoms with Crippen molar-refractivity contribution in [2.45, 2.75) is 26.8 Å². The van der Waals surface area contributed by atoms with E-state index in [-0.39, 0.29) is 11.7 Å². The lowest BCUT2D eigenvalue weighted by Crippen LogP contribution is -2.07. The van der Waals surface area contributed by atoms with Crippen molar-refractivity contribution in [3.05, 3.63) is 83.9 Å². The van der Waals surface area contributed by atoms with Gasteiger partial charge in [-0.05, 0) is 51.1 Å². The summed E-state index contributed by atoms with van der Waals surface area (Å²) >= 11 is 0. The first-order valence-corrected chi connectivity index (χ1v) is 10.5. The smallest absolute Gasteiger partial charge is 0.354 e. The fraction of sp³-hybridized carbons (Fsp3) is 0.160. The molecule has 1 atom stereocenters. The van der Waals surface area contributed by atoms with Crippen LogP contribution in [0.2, 0.25) is 0 Å². The first kappa shape index (κ1) is 20.6. The Labute approximate surface area is 189 Å². The zero-order valence-electron chi connectivity index (χ0n) is 18.4. The van der Waals surface area contributed by atoms with Crippen LogP contribution in [-0.4, -0.2) is 35.8 Å². The van der Waals surface area contributed by atoms with Gasteiger partial charge >= 0.3 is 5.97 Å². The lowest BCUT2D eigenvalue weighted by molar-refractivity contribution is 0.0690. The van der Waals surface area contributed by atoms with Crippen LogP contribution in [0.5, 0.6) is 0 Å². The number of aromatic nitrogens is 5. The Morgan fingerprint density at radius 2 is 1.97 bits per heavy atom. The second-order valence-electron chi connectivity index (χ2n) is 7.89. The van der Waals surface area contributed by atoms with Crippen LogP contribution in [0.15, 0.2) is 65.6 Å². The van der Waals surface area contributed by atoms with Crippen LogP contribution in [0.25, 0.3) is 33.4 Å². The maximum absolute atomic E-state index is 11.5. The van der Waals surface area contributed by atoms with E-state index in [2.05, 4.69) is 22.0 Å². The van der Waals surface area contributed by atoms with E-state index < -0.39 is 5.97 Å². The topological polar surface area (TPSA) is 107 Å². The summed E-state index contributed by atoms with van der Waals surface area (Å²) in [5.74, 6) is -0.362. The summed E-state index contributed by atoms with van der Waals surface area (Å²) in [5.41, 5.74) is 5.53. The third-order valence-corrected chi connectivity index (χ3v) is 5.77. The summed E-state index contributed by atoms with van der Waals surface area (Å²) in [4.78, 5) is 25.2. The van der Waals surface area contributed by atoms with E-state index in [1.807, 2.05) is 48.9 Å². The quantitative estimate of drug-likeness (QED) is 0.407. The Morgan fingerprint density at radius 1 is 1.12 bits per heavy atom. The Kier molecular flexibility index (Phi) is 4.97. The summed E-state index contributed by atoms with van der Waals surface area (Å²) in [5, 5.41) is 14.4. The lowest BCUT2D eigenvalue weighted by atomic mass is 10.0. The summed E-state index contributed by atoms with van der Waals surface area (Å²) in [6, 6.07) is 12.7. The van der Waals surface area contributed by atoms with Gasteiger partial charge in [-0.3, -0.25) is 4.98 Å². The second-order valence-corrected chi connectivity index (χ2v) is 7.89. The number of fused-ring (bicyclic) bond motifs is 1. The lowest BCUT2D eigenvalue weighted by Gasteiger charge is -2.14. The zero-order chi connectivity index (χ0) is 23.1. The second kappa shape index (κ2) is 7.98. The monoisotopic (exact) mass is 439 g/mol. The van der Waals surface area contributed by atoms with Crippen molar-refractivity contribution in [1.82, 2.24) is 24.7 Å². The number of nitrogens with zero attached hydrogens (tertiary/aromatic N) is 5. The van der Waals surface area contributed by atoms with Gasteiger partial charge in [0.05, 0.1) is 23.1 Å². The number of carboxylic acids is 1. The van der Waals surface area contributed by atoms with Gasteiger partial charge in [-0.2, -0.15) is 0 Å². The molecule has 0 saturated heterocycles. The zero-order valence-corrected chi connectivity index (χ0v) is 18.4. The van der Waals surface area contributed by atoms with Crippen molar-refractivity contribution in [3.8, 4) is 22.4 Å². The molecule has 0 aliphatic heterocycles. The molecular formula is C25H21N5O3. The van der Waals surface area contributed by atoms with Crippen LogP contribution in [0.4, 0.5) is 0 Å². The van der Waals surface area contributed by atoms with Gasteiger partial charge in [0.1, 0.15) is 17.1 Å². The summed E-state index contributed by atoms with van der Waals surface area (Å²) < 4.78 is 7.39. The number of hydrogen-bond donors (Lipinski definition) is 1. The minimum absolute atomic E-state index is 0.0130. The largest absolute Gasteiger partial charge is 0.477 e. The summed E-state index contributed by atoms with van der Waals surface area (Å²) in [6.45, 7) is 5.81. The molecule has 33 heavy (non-hydrogen) atoms. The molecule has 8 heteroatoms. The average Bonchev–Trinajstić information content (AvgIpc) is 3.38. The highest BCUT2D eigenvalue weighted by Gasteiger charge is 2.21. The molecule has 0 fully saturated rings. The number of carboxylic acid groups (broad SMARTS) is 1. The predicted molar refractivity (Wildman–Crippen MR) is 123 cm³/mol. The molecule has 0 amide bonds. The van der Waals surface area contributed by atoms with Gasteiger partial charge < -0.3 is 14.2 Å².